The van der Waals surface area contributed by atoms with Gasteiger partial charge in [0.1, 0.15) is 0 Å². The maximum Gasteiger partial charge on any atom is 0.261 e. The molecule has 0 N–H and O–H groups in total. The highest BCUT2D eigenvalue weighted by molar-refractivity contribution is 7.14. The van der Waals surface area contributed by atoms with Gasteiger partial charge < -0.3 is 4.90 Å². The molecule has 0 atom stereocenters. The van der Waals surface area contributed by atoms with E-state index in [1.165, 1.54) is 24.2 Å². The summed E-state index contributed by atoms with van der Waals surface area (Å²) in [4.78, 5) is 21.3. The minimum Gasteiger partial charge on any atom is -0.371 e. The second kappa shape index (κ2) is 6.08. The minimum absolute atomic E-state index is 0.0138. The number of hydrogen-bond donors (Lipinski definition) is 0. The van der Waals surface area contributed by atoms with Crippen molar-refractivity contribution >= 4 is 28.1 Å². The zero-order chi connectivity index (χ0) is 15.7. The number of benzene rings is 1. The van der Waals surface area contributed by atoms with Crippen LogP contribution in [-0.4, -0.2) is 31.0 Å². The van der Waals surface area contributed by atoms with Crippen molar-refractivity contribution in [2.24, 2.45) is 0 Å². The molecule has 5 heteroatoms. The van der Waals surface area contributed by atoms with Crippen LogP contribution < -0.4 is 9.80 Å². The number of hydrogen-bond acceptors (Lipinski definition) is 4. The Labute approximate surface area is 135 Å². The minimum atomic E-state index is 0.0138. The van der Waals surface area contributed by atoms with Crippen LogP contribution in [-0.2, 0) is 0 Å². The number of amides is 1. The van der Waals surface area contributed by atoms with Crippen LogP contribution >= 0.6 is 11.3 Å². The van der Waals surface area contributed by atoms with Gasteiger partial charge in [0, 0.05) is 31.2 Å². The molecule has 4 nitrogen and oxygen atoms in total. The van der Waals surface area contributed by atoms with Gasteiger partial charge in [-0.05, 0) is 38.8 Å². The van der Waals surface area contributed by atoms with E-state index in [1.54, 1.807) is 11.9 Å². The lowest BCUT2D eigenvalue weighted by molar-refractivity contribution is 0.0993. The van der Waals surface area contributed by atoms with Crippen molar-refractivity contribution in [1.29, 1.82) is 0 Å². The molecule has 2 aromatic rings. The summed E-state index contributed by atoms with van der Waals surface area (Å²) in [5.74, 6) is 0.0138. The standard InChI is InChI=1S/C17H21N3OS/c1-12-6-7-15(20-8-4-5-9-20)14(10-12)16(21)19(3)17-18-13(2)11-22-17/h6-7,10-11H,4-5,8-9H2,1-3H3. The van der Waals surface area contributed by atoms with Crippen LogP contribution in [0.1, 0.15) is 34.5 Å². The predicted molar refractivity (Wildman–Crippen MR) is 92.2 cm³/mol. The van der Waals surface area contributed by atoms with E-state index >= 15 is 0 Å². The number of rotatable bonds is 3. The van der Waals surface area contributed by atoms with Crippen molar-refractivity contribution < 1.29 is 4.79 Å². The van der Waals surface area contributed by atoms with Crippen molar-refractivity contribution in [3.8, 4) is 0 Å². The van der Waals surface area contributed by atoms with E-state index in [9.17, 15) is 4.79 Å². The van der Waals surface area contributed by atoms with Crippen LogP contribution in [0.25, 0.3) is 0 Å². The van der Waals surface area contributed by atoms with Gasteiger partial charge in [-0.15, -0.1) is 11.3 Å². The van der Waals surface area contributed by atoms with Gasteiger partial charge in [0.25, 0.3) is 5.91 Å². The van der Waals surface area contributed by atoms with Gasteiger partial charge in [-0.2, -0.15) is 0 Å². The summed E-state index contributed by atoms with van der Waals surface area (Å²) in [5, 5.41) is 2.72. The molecule has 0 aliphatic carbocycles. The average molecular weight is 315 g/mol. The van der Waals surface area contributed by atoms with Crippen molar-refractivity contribution in [3.63, 3.8) is 0 Å². The Kier molecular flexibility index (Phi) is 4.16. The van der Waals surface area contributed by atoms with Gasteiger partial charge in [0.05, 0.1) is 11.3 Å². The number of carbonyl (C=O) groups excluding carboxylic acids is 1. The molecular formula is C17H21N3OS. The Morgan fingerprint density at radius 3 is 2.64 bits per heavy atom. The second-order valence-corrected chi connectivity index (χ2v) is 6.69. The van der Waals surface area contributed by atoms with Crippen LogP contribution in [0.3, 0.4) is 0 Å². The summed E-state index contributed by atoms with van der Waals surface area (Å²) in [5.41, 5.74) is 3.88. The topological polar surface area (TPSA) is 36.4 Å². The van der Waals surface area contributed by atoms with E-state index in [1.807, 2.05) is 25.3 Å². The lowest BCUT2D eigenvalue weighted by Crippen LogP contribution is -2.29. The Morgan fingerprint density at radius 1 is 1.27 bits per heavy atom. The van der Waals surface area contributed by atoms with Crippen molar-refractivity contribution in [3.05, 3.63) is 40.4 Å². The van der Waals surface area contributed by atoms with Gasteiger partial charge in [-0.1, -0.05) is 11.6 Å². The maximum atomic E-state index is 13.0. The third-order valence-electron chi connectivity index (χ3n) is 4.03. The molecule has 1 aromatic heterocycles. The van der Waals surface area contributed by atoms with Crippen LogP contribution in [0.2, 0.25) is 0 Å². The lowest BCUT2D eigenvalue weighted by Gasteiger charge is -2.23. The van der Waals surface area contributed by atoms with E-state index in [-0.39, 0.29) is 5.91 Å². The molecule has 1 aliphatic rings. The average Bonchev–Trinajstić information content (AvgIpc) is 3.17. The lowest BCUT2D eigenvalue weighted by atomic mass is 10.1. The first-order valence-electron chi connectivity index (χ1n) is 7.62. The highest BCUT2D eigenvalue weighted by Gasteiger charge is 2.23. The normalized spacial score (nSPS) is 14.4. The van der Waals surface area contributed by atoms with E-state index in [0.29, 0.717) is 0 Å². The molecule has 1 aromatic carbocycles. The number of carbonyl (C=O) groups is 1. The van der Waals surface area contributed by atoms with Crippen LogP contribution in [0, 0.1) is 13.8 Å². The summed E-state index contributed by atoms with van der Waals surface area (Å²) in [6.45, 7) is 6.03. The van der Waals surface area contributed by atoms with E-state index < -0.39 is 0 Å². The van der Waals surface area contributed by atoms with Crippen LogP contribution in [0.4, 0.5) is 10.8 Å². The summed E-state index contributed by atoms with van der Waals surface area (Å²) in [7, 11) is 1.80. The monoisotopic (exact) mass is 315 g/mol. The molecule has 22 heavy (non-hydrogen) atoms. The molecule has 1 fully saturated rings. The Bertz CT molecular complexity index is 689. The van der Waals surface area contributed by atoms with Crippen molar-refractivity contribution in [2.75, 3.05) is 29.9 Å². The van der Waals surface area contributed by atoms with Gasteiger partial charge in [0.15, 0.2) is 5.13 Å². The van der Waals surface area contributed by atoms with Gasteiger partial charge in [-0.25, -0.2) is 4.98 Å². The number of thiazole rings is 1. The quantitative estimate of drug-likeness (QED) is 0.867. The molecule has 0 saturated carbocycles. The molecule has 0 unspecified atom stereocenters. The molecule has 116 valence electrons. The molecule has 2 heterocycles. The largest absolute Gasteiger partial charge is 0.371 e. The van der Waals surface area contributed by atoms with Gasteiger partial charge >= 0.3 is 0 Å². The zero-order valence-electron chi connectivity index (χ0n) is 13.3. The zero-order valence-corrected chi connectivity index (χ0v) is 14.1. The number of aryl methyl sites for hydroxylation is 2. The fraction of sp³-hybridized carbons (Fsp3) is 0.412. The van der Waals surface area contributed by atoms with Crippen LogP contribution in [0.15, 0.2) is 23.6 Å². The summed E-state index contributed by atoms with van der Waals surface area (Å²) in [6, 6.07) is 6.15. The first-order chi connectivity index (χ1) is 10.6. The summed E-state index contributed by atoms with van der Waals surface area (Å²) >= 11 is 1.50. The maximum absolute atomic E-state index is 13.0. The number of anilines is 2. The van der Waals surface area contributed by atoms with Gasteiger partial charge in [-0.3, -0.25) is 9.69 Å². The molecule has 0 radical (unpaired) electrons. The number of nitrogens with zero attached hydrogens (tertiary/aromatic N) is 3. The molecule has 3 rings (SSSR count). The second-order valence-electron chi connectivity index (χ2n) is 5.85. The first kappa shape index (κ1) is 15.0. The smallest absolute Gasteiger partial charge is 0.261 e. The van der Waals surface area contributed by atoms with Crippen LogP contribution in [0.5, 0.6) is 0 Å². The molecular weight excluding hydrogens is 294 g/mol. The van der Waals surface area contributed by atoms with Crippen molar-refractivity contribution in [1.82, 2.24) is 4.98 Å². The highest BCUT2D eigenvalue weighted by atomic mass is 32.1. The fourth-order valence-electron chi connectivity index (χ4n) is 2.82. The summed E-state index contributed by atoms with van der Waals surface area (Å²) < 4.78 is 0. The molecule has 0 spiro atoms. The third kappa shape index (κ3) is 2.86. The molecule has 1 amide bonds. The van der Waals surface area contributed by atoms with Crippen molar-refractivity contribution in [2.45, 2.75) is 26.7 Å². The predicted octanol–water partition coefficient (Wildman–Crippen LogP) is 3.64. The Hall–Kier alpha value is -1.88. The Balaban J connectivity index is 1.95. The SMILES string of the molecule is Cc1ccc(N2CCCC2)c(C(=O)N(C)c2nc(C)cs2)c1. The van der Waals surface area contributed by atoms with E-state index in [2.05, 4.69) is 22.0 Å². The Morgan fingerprint density at radius 2 is 2.00 bits per heavy atom. The van der Waals surface area contributed by atoms with Gasteiger partial charge in [0.2, 0.25) is 0 Å². The van der Waals surface area contributed by atoms with E-state index in [4.69, 9.17) is 0 Å². The molecule has 1 saturated heterocycles. The molecule has 1 aliphatic heterocycles. The molecule has 0 bridgehead atoms. The third-order valence-corrected chi connectivity index (χ3v) is 5.06. The summed E-state index contributed by atoms with van der Waals surface area (Å²) in [6.07, 6.45) is 2.39. The van der Waals surface area contributed by atoms with E-state index in [0.717, 1.165) is 40.7 Å². The fourth-order valence-corrected chi connectivity index (χ4v) is 3.58. The first-order valence-corrected chi connectivity index (χ1v) is 8.50. The number of aromatic nitrogens is 1. The highest BCUT2D eigenvalue weighted by Crippen LogP contribution is 2.28.